The lowest BCUT2D eigenvalue weighted by Gasteiger charge is -2.40. The van der Waals surface area contributed by atoms with E-state index in [0.717, 1.165) is 103 Å². The molecule has 2 amide bonds. The number of rotatable bonds is 17. The second-order valence-corrected chi connectivity index (χ2v) is 16.8. The number of hydrogen-bond donors (Lipinski definition) is 5. The Kier molecular flexibility index (Phi) is 14.4. The molecule has 0 saturated carbocycles. The first kappa shape index (κ1) is 43.6. The monoisotopic (exact) mass is 850 g/mol. The van der Waals surface area contributed by atoms with Gasteiger partial charge < -0.3 is 40.8 Å². The maximum Gasteiger partial charge on any atom is 0.326 e. The number of aliphatic hydroxyl groups is 1. The second kappa shape index (κ2) is 20.9. The minimum atomic E-state index is -0.581. The van der Waals surface area contributed by atoms with Crippen LogP contribution in [0.5, 0.6) is 0 Å². The summed E-state index contributed by atoms with van der Waals surface area (Å²) in [5.74, 6) is -0.0475. The number of amides is 2. The molecule has 2 aliphatic rings. The molecule has 6 aromatic rings. The molecule has 3 heterocycles. The summed E-state index contributed by atoms with van der Waals surface area (Å²) in [4.78, 5) is 43.5. The van der Waals surface area contributed by atoms with Crippen LogP contribution in [0.1, 0.15) is 98.5 Å². The summed E-state index contributed by atoms with van der Waals surface area (Å²) in [5, 5.41) is 15.6. The summed E-state index contributed by atoms with van der Waals surface area (Å²) in [5.41, 5.74) is 14.8. The predicted molar refractivity (Wildman–Crippen MR) is 247 cm³/mol. The number of benzene rings is 5. The van der Waals surface area contributed by atoms with Gasteiger partial charge in [0.25, 0.3) is 0 Å². The molecule has 12 heteroatoms. The number of piperidine rings is 1. The van der Waals surface area contributed by atoms with Crippen LogP contribution in [0.25, 0.3) is 22.2 Å². The van der Waals surface area contributed by atoms with E-state index in [2.05, 4.69) is 50.8 Å². The van der Waals surface area contributed by atoms with Gasteiger partial charge in [0.2, 0.25) is 11.8 Å². The lowest BCUT2D eigenvalue weighted by Crippen LogP contribution is -2.43. The fourth-order valence-electron chi connectivity index (χ4n) is 8.92. The van der Waals surface area contributed by atoms with Crippen LogP contribution in [0, 0.1) is 0 Å². The fraction of sp³-hybridized carbons (Fsp3) is 0.353. The number of carbonyl (C=O) groups is 2. The third-order valence-corrected chi connectivity index (χ3v) is 12.4. The molecule has 12 nitrogen and oxygen atoms in total. The first-order chi connectivity index (χ1) is 30.8. The van der Waals surface area contributed by atoms with E-state index >= 15 is 0 Å². The summed E-state index contributed by atoms with van der Waals surface area (Å²) in [7, 11) is 0. The smallest absolute Gasteiger partial charge is 0.326 e. The lowest BCUT2D eigenvalue weighted by molar-refractivity contribution is -0.253. The number of imidazole rings is 1. The lowest BCUT2D eigenvalue weighted by atomic mass is 9.97. The average Bonchev–Trinajstić information content (AvgIpc) is 3.66. The van der Waals surface area contributed by atoms with Crippen molar-refractivity contribution >= 4 is 34.2 Å². The number of aromatic nitrogens is 2. The van der Waals surface area contributed by atoms with Gasteiger partial charge in [0.15, 0.2) is 6.29 Å². The van der Waals surface area contributed by atoms with Crippen molar-refractivity contribution in [1.29, 1.82) is 0 Å². The molecule has 3 atom stereocenters. The number of H-pyrrole nitrogens is 1. The van der Waals surface area contributed by atoms with E-state index in [1.807, 2.05) is 83.4 Å². The van der Waals surface area contributed by atoms with Gasteiger partial charge in [-0.2, -0.15) is 0 Å². The van der Waals surface area contributed by atoms with E-state index in [-0.39, 0.29) is 42.4 Å². The van der Waals surface area contributed by atoms with Gasteiger partial charge in [0.05, 0.1) is 41.2 Å². The van der Waals surface area contributed by atoms with Crippen molar-refractivity contribution in [2.45, 2.75) is 95.5 Å². The van der Waals surface area contributed by atoms with Crippen LogP contribution in [0.3, 0.4) is 0 Å². The largest absolute Gasteiger partial charge is 0.397 e. The minimum Gasteiger partial charge on any atom is -0.397 e. The molecule has 2 fully saturated rings. The molecule has 6 N–H and O–H groups in total. The van der Waals surface area contributed by atoms with Gasteiger partial charge in [0, 0.05) is 57.0 Å². The van der Waals surface area contributed by atoms with Crippen molar-refractivity contribution < 1.29 is 24.2 Å². The Labute approximate surface area is 368 Å². The van der Waals surface area contributed by atoms with Gasteiger partial charge >= 0.3 is 5.69 Å². The van der Waals surface area contributed by atoms with Crippen LogP contribution >= 0.6 is 0 Å². The highest BCUT2D eigenvalue weighted by Gasteiger charge is 2.34. The van der Waals surface area contributed by atoms with Gasteiger partial charge in [-0.05, 0) is 77.8 Å². The quantitative estimate of drug-likeness (QED) is 0.0450. The van der Waals surface area contributed by atoms with Crippen LogP contribution in [-0.4, -0.2) is 57.1 Å². The first-order valence-corrected chi connectivity index (χ1v) is 22.3. The number of nitrogen functional groups attached to an aromatic ring is 1. The maximum atomic E-state index is 12.9. The summed E-state index contributed by atoms with van der Waals surface area (Å²) >= 11 is 0. The van der Waals surface area contributed by atoms with E-state index in [4.69, 9.17) is 15.2 Å². The fourth-order valence-corrected chi connectivity index (χ4v) is 8.92. The van der Waals surface area contributed by atoms with Crippen LogP contribution in [0.2, 0.25) is 0 Å². The number of nitrogens with one attached hydrogen (secondary N) is 3. The third kappa shape index (κ3) is 11.1. The van der Waals surface area contributed by atoms with Crippen molar-refractivity contribution in [2.24, 2.45) is 0 Å². The number of nitrogens with two attached hydrogens (primary N) is 1. The number of aromatic amines is 1. The van der Waals surface area contributed by atoms with Crippen molar-refractivity contribution in [3.63, 3.8) is 0 Å². The van der Waals surface area contributed by atoms with E-state index in [1.165, 1.54) is 0 Å². The number of anilines is 2. The van der Waals surface area contributed by atoms with Crippen molar-refractivity contribution in [1.82, 2.24) is 19.8 Å². The molecule has 0 unspecified atom stereocenters. The standard InChI is InChI=1S/C51H58N6O6/c52-43-13-7-8-14-44(43)54-49(60)18-4-2-1-3-17-48(59)53-32-39-11-5-6-12-42(39)36-23-25-38(26-24-36)50-62-41(31-47(63-50)37-21-19-35(34-58)20-22-37)33-56-29-27-40(28-30-56)57-46-16-10-9-15-45(46)55-51(57)61/h5-16,19-26,40-41,47,50,58H,1-4,17-18,27-34,52H2,(H,53,59)(H,54,60)(H,55,61)/t41-,47+,50+/m0/s1. The minimum absolute atomic E-state index is 0.00768. The van der Waals surface area contributed by atoms with Gasteiger partial charge in [-0.25, -0.2) is 4.79 Å². The zero-order valence-corrected chi connectivity index (χ0v) is 35.7. The molecule has 0 spiro atoms. The molecule has 1 aromatic heterocycles. The van der Waals surface area contributed by atoms with Crippen molar-refractivity contribution in [3.05, 3.63) is 154 Å². The number of ether oxygens (including phenoxy) is 2. The van der Waals surface area contributed by atoms with Crippen LogP contribution in [-0.2, 0) is 32.2 Å². The van der Waals surface area contributed by atoms with E-state index in [0.29, 0.717) is 37.2 Å². The Morgan fingerprint density at radius 3 is 2.21 bits per heavy atom. The molecule has 0 radical (unpaired) electrons. The van der Waals surface area contributed by atoms with Gasteiger partial charge in [-0.15, -0.1) is 0 Å². The molecule has 0 bridgehead atoms. The highest BCUT2D eigenvalue weighted by molar-refractivity contribution is 5.93. The summed E-state index contributed by atoms with van der Waals surface area (Å²) in [6.45, 7) is 2.88. The van der Waals surface area contributed by atoms with Gasteiger partial charge in [-0.3, -0.25) is 14.2 Å². The highest BCUT2D eigenvalue weighted by Crippen LogP contribution is 2.39. The van der Waals surface area contributed by atoms with E-state index in [1.54, 1.807) is 12.1 Å². The SMILES string of the molecule is Nc1ccccc1NC(=O)CCCCCCC(=O)NCc1ccccc1-c1ccc([C@@H]2O[C@H](CN3CCC(n4c(=O)[nH]c5ccccc54)CC3)C[C@H](c3ccc(CO)cc3)O2)cc1. The highest BCUT2D eigenvalue weighted by atomic mass is 16.7. The Morgan fingerprint density at radius 1 is 0.762 bits per heavy atom. The average molecular weight is 851 g/mol. The zero-order valence-electron chi connectivity index (χ0n) is 35.7. The normalized spacial score (nSPS) is 18.3. The molecular weight excluding hydrogens is 793 g/mol. The maximum absolute atomic E-state index is 12.9. The summed E-state index contributed by atoms with van der Waals surface area (Å²) < 4.78 is 15.3. The Bertz CT molecular complexity index is 2510. The van der Waals surface area contributed by atoms with Crippen molar-refractivity contribution in [2.75, 3.05) is 30.7 Å². The third-order valence-electron chi connectivity index (χ3n) is 12.4. The molecule has 328 valence electrons. The van der Waals surface area contributed by atoms with E-state index in [9.17, 15) is 19.5 Å². The molecule has 63 heavy (non-hydrogen) atoms. The number of aliphatic hydroxyl groups excluding tert-OH is 1. The van der Waals surface area contributed by atoms with Crippen molar-refractivity contribution in [3.8, 4) is 11.1 Å². The van der Waals surface area contributed by atoms with Crippen LogP contribution in [0.15, 0.2) is 126 Å². The predicted octanol–water partition coefficient (Wildman–Crippen LogP) is 8.55. The van der Waals surface area contributed by atoms with Crippen LogP contribution in [0.4, 0.5) is 11.4 Å². The number of fused-ring (bicyclic) bond motifs is 1. The molecular formula is C51H58N6O6. The Morgan fingerprint density at radius 2 is 1.44 bits per heavy atom. The van der Waals surface area contributed by atoms with Crippen LogP contribution < -0.4 is 22.1 Å². The second-order valence-electron chi connectivity index (χ2n) is 16.8. The number of carbonyl (C=O) groups excluding carboxylic acids is 2. The molecule has 0 aliphatic carbocycles. The first-order valence-electron chi connectivity index (χ1n) is 22.3. The summed E-state index contributed by atoms with van der Waals surface area (Å²) in [6, 6.07) is 39.6. The van der Waals surface area contributed by atoms with Gasteiger partial charge in [0.1, 0.15) is 0 Å². The number of nitrogens with zero attached hydrogens (tertiary/aromatic N) is 2. The molecule has 2 saturated heterocycles. The Balaban J connectivity index is 0.849. The van der Waals surface area contributed by atoms with E-state index < -0.39 is 6.29 Å². The molecule has 8 rings (SSSR count). The summed E-state index contributed by atoms with van der Waals surface area (Å²) in [6.07, 6.45) is 5.69. The topological polar surface area (TPSA) is 164 Å². The molecule has 5 aromatic carbocycles. The van der Waals surface area contributed by atoms with Gasteiger partial charge in [-0.1, -0.05) is 110 Å². The number of likely N-dealkylation sites (tertiary alicyclic amines) is 1. The number of unbranched alkanes of at least 4 members (excludes halogenated alkanes) is 3. The number of para-hydroxylation sites is 4. The zero-order chi connectivity index (χ0) is 43.5. The molecule has 2 aliphatic heterocycles. The number of hydrogen-bond acceptors (Lipinski definition) is 8. The Hall–Kier alpha value is -6.05.